The zero-order valence-electron chi connectivity index (χ0n) is 12.5. The van der Waals surface area contributed by atoms with Gasteiger partial charge in [0.1, 0.15) is 12.4 Å². The summed E-state index contributed by atoms with van der Waals surface area (Å²) in [6, 6.07) is 9.37. The predicted molar refractivity (Wildman–Crippen MR) is 81.9 cm³/mol. The van der Waals surface area contributed by atoms with Gasteiger partial charge in [-0.1, -0.05) is 12.1 Å². The number of ether oxygens (including phenoxy) is 2. The summed E-state index contributed by atoms with van der Waals surface area (Å²) >= 11 is 0. The first kappa shape index (κ1) is 16.9. The van der Waals surface area contributed by atoms with Crippen LogP contribution in [0.1, 0.15) is 15.9 Å². The third-order valence-corrected chi connectivity index (χ3v) is 3.09. The number of non-ortho nitro benzene ring substituents is 2. The van der Waals surface area contributed by atoms with Crippen LogP contribution in [-0.2, 0) is 11.3 Å². The van der Waals surface area contributed by atoms with E-state index in [2.05, 4.69) is 0 Å². The minimum absolute atomic E-state index is 0.0840. The lowest BCUT2D eigenvalue weighted by atomic mass is 10.1. The van der Waals surface area contributed by atoms with E-state index in [1.807, 2.05) is 0 Å². The Morgan fingerprint density at radius 1 is 1.00 bits per heavy atom. The van der Waals surface area contributed by atoms with Crippen LogP contribution in [0.3, 0.4) is 0 Å². The summed E-state index contributed by atoms with van der Waals surface area (Å²) in [6.45, 7) is -0.0840. The average molecular weight is 332 g/mol. The van der Waals surface area contributed by atoms with E-state index in [1.165, 1.54) is 7.11 Å². The number of esters is 1. The number of carbonyl (C=O) groups is 1. The third-order valence-electron chi connectivity index (χ3n) is 3.09. The molecule has 2 rings (SSSR count). The monoisotopic (exact) mass is 332 g/mol. The Morgan fingerprint density at radius 2 is 1.54 bits per heavy atom. The molecule has 0 unspecified atom stereocenters. The quantitative estimate of drug-likeness (QED) is 0.453. The molecule has 0 aliphatic carbocycles. The molecule has 0 N–H and O–H groups in total. The molecule has 0 fully saturated rings. The van der Waals surface area contributed by atoms with Crippen LogP contribution in [0.5, 0.6) is 5.75 Å². The van der Waals surface area contributed by atoms with Crippen molar-refractivity contribution in [2.45, 2.75) is 6.61 Å². The lowest BCUT2D eigenvalue weighted by molar-refractivity contribution is -0.394. The number of nitro benzene ring substituents is 2. The van der Waals surface area contributed by atoms with Crippen molar-refractivity contribution < 1.29 is 24.1 Å². The highest BCUT2D eigenvalue weighted by Crippen LogP contribution is 2.23. The van der Waals surface area contributed by atoms with Crippen LogP contribution in [-0.4, -0.2) is 22.9 Å². The van der Waals surface area contributed by atoms with Gasteiger partial charge < -0.3 is 9.47 Å². The molecule has 0 saturated heterocycles. The smallest absolute Gasteiger partial charge is 0.338 e. The SMILES string of the molecule is COc1ccc(COC(=O)c2cc([N+](=O)[O-])cc([N+](=O)[O-])c2)cc1. The largest absolute Gasteiger partial charge is 0.497 e. The summed E-state index contributed by atoms with van der Waals surface area (Å²) in [5.41, 5.74) is -0.699. The fourth-order valence-electron chi connectivity index (χ4n) is 1.88. The van der Waals surface area contributed by atoms with E-state index in [0.717, 1.165) is 18.2 Å². The molecule has 2 aromatic carbocycles. The number of nitrogens with zero attached hydrogens (tertiary/aromatic N) is 2. The van der Waals surface area contributed by atoms with Gasteiger partial charge in [-0.3, -0.25) is 20.2 Å². The van der Waals surface area contributed by atoms with Crippen LogP contribution in [0.4, 0.5) is 11.4 Å². The van der Waals surface area contributed by atoms with Crippen LogP contribution in [0, 0.1) is 20.2 Å². The summed E-state index contributed by atoms with van der Waals surface area (Å²) < 4.78 is 10.0. The van der Waals surface area contributed by atoms with Gasteiger partial charge in [-0.05, 0) is 17.7 Å². The molecule has 0 radical (unpaired) electrons. The second kappa shape index (κ2) is 7.18. The van der Waals surface area contributed by atoms with Gasteiger partial charge in [0.05, 0.1) is 28.6 Å². The summed E-state index contributed by atoms with van der Waals surface area (Å²) in [7, 11) is 1.52. The Hall–Kier alpha value is -3.49. The second-order valence-corrected chi connectivity index (χ2v) is 4.68. The van der Waals surface area contributed by atoms with Gasteiger partial charge in [0.25, 0.3) is 11.4 Å². The van der Waals surface area contributed by atoms with E-state index in [-0.39, 0.29) is 12.2 Å². The van der Waals surface area contributed by atoms with Crippen molar-refractivity contribution in [3.8, 4) is 5.75 Å². The van der Waals surface area contributed by atoms with Crippen LogP contribution in [0.2, 0.25) is 0 Å². The molecular formula is C15H12N2O7. The Labute approximate surface area is 135 Å². The van der Waals surface area contributed by atoms with Crippen LogP contribution in [0.15, 0.2) is 42.5 Å². The number of rotatable bonds is 6. The van der Waals surface area contributed by atoms with E-state index in [0.29, 0.717) is 11.3 Å². The molecule has 0 saturated carbocycles. The fraction of sp³-hybridized carbons (Fsp3) is 0.133. The highest BCUT2D eigenvalue weighted by Gasteiger charge is 2.20. The first-order valence-corrected chi connectivity index (χ1v) is 6.64. The molecule has 0 bridgehead atoms. The van der Waals surface area contributed by atoms with Gasteiger partial charge in [-0.15, -0.1) is 0 Å². The van der Waals surface area contributed by atoms with Gasteiger partial charge in [-0.25, -0.2) is 4.79 Å². The van der Waals surface area contributed by atoms with Crippen molar-refractivity contribution in [2.24, 2.45) is 0 Å². The summed E-state index contributed by atoms with van der Waals surface area (Å²) in [4.78, 5) is 32.0. The average Bonchev–Trinajstić information content (AvgIpc) is 2.59. The molecule has 0 heterocycles. The zero-order chi connectivity index (χ0) is 17.7. The number of hydrogen-bond acceptors (Lipinski definition) is 7. The summed E-state index contributed by atoms with van der Waals surface area (Å²) in [5.74, 6) is -0.253. The van der Waals surface area contributed by atoms with E-state index in [4.69, 9.17) is 9.47 Å². The standard InChI is InChI=1S/C15H12N2O7/c1-23-14-4-2-10(3-5-14)9-24-15(18)11-6-12(16(19)20)8-13(7-11)17(21)22/h2-8H,9H2,1H3. The lowest BCUT2D eigenvalue weighted by Gasteiger charge is -2.06. The first-order chi connectivity index (χ1) is 11.4. The van der Waals surface area contributed by atoms with Crippen molar-refractivity contribution in [1.82, 2.24) is 0 Å². The van der Waals surface area contributed by atoms with Crippen molar-refractivity contribution in [3.63, 3.8) is 0 Å². The van der Waals surface area contributed by atoms with Crippen molar-refractivity contribution in [3.05, 3.63) is 73.8 Å². The normalized spacial score (nSPS) is 10.0. The third kappa shape index (κ3) is 4.03. The van der Waals surface area contributed by atoms with Gasteiger partial charge in [0, 0.05) is 12.1 Å². The molecule has 2 aromatic rings. The summed E-state index contributed by atoms with van der Waals surface area (Å²) in [5, 5.41) is 21.6. The molecule has 124 valence electrons. The van der Waals surface area contributed by atoms with Crippen molar-refractivity contribution in [2.75, 3.05) is 7.11 Å². The Morgan fingerprint density at radius 3 is 2.00 bits per heavy atom. The number of hydrogen-bond donors (Lipinski definition) is 0. The number of methoxy groups -OCH3 is 1. The Bertz CT molecular complexity index is 755. The molecular weight excluding hydrogens is 320 g/mol. The van der Waals surface area contributed by atoms with Gasteiger partial charge >= 0.3 is 5.97 Å². The maximum atomic E-state index is 12.0. The molecule has 24 heavy (non-hydrogen) atoms. The fourth-order valence-corrected chi connectivity index (χ4v) is 1.88. The minimum atomic E-state index is -0.891. The van der Waals surface area contributed by atoms with Crippen LogP contribution in [0.25, 0.3) is 0 Å². The highest BCUT2D eigenvalue weighted by atomic mass is 16.6. The molecule has 0 aliphatic heterocycles. The molecule has 0 amide bonds. The van der Waals surface area contributed by atoms with Crippen LogP contribution >= 0.6 is 0 Å². The molecule has 0 aliphatic rings. The van der Waals surface area contributed by atoms with Gasteiger partial charge in [0.15, 0.2) is 0 Å². The predicted octanol–water partition coefficient (Wildman–Crippen LogP) is 2.87. The Kier molecular flexibility index (Phi) is 5.05. The second-order valence-electron chi connectivity index (χ2n) is 4.68. The number of carbonyl (C=O) groups excluding carboxylic acids is 1. The van der Waals surface area contributed by atoms with Gasteiger partial charge in [-0.2, -0.15) is 0 Å². The molecule has 0 aromatic heterocycles. The van der Waals surface area contributed by atoms with E-state index in [9.17, 15) is 25.0 Å². The number of benzene rings is 2. The molecule has 9 nitrogen and oxygen atoms in total. The number of nitro groups is 2. The first-order valence-electron chi connectivity index (χ1n) is 6.64. The Balaban J connectivity index is 2.16. The maximum absolute atomic E-state index is 12.0. The topological polar surface area (TPSA) is 122 Å². The lowest BCUT2D eigenvalue weighted by Crippen LogP contribution is -2.07. The highest BCUT2D eigenvalue weighted by molar-refractivity contribution is 5.91. The van der Waals surface area contributed by atoms with E-state index >= 15 is 0 Å². The molecule has 0 atom stereocenters. The van der Waals surface area contributed by atoms with Crippen molar-refractivity contribution in [1.29, 1.82) is 0 Å². The van der Waals surface area contributed by atoms with Crippen molar-refractivity contribution >= 4 is 17.3 Å². The maximum Gasteiger partial charge on any atom is 0.338 e. The molecule has 9 heteroatoms. The van der Waals surface area contributed by atoms with E-state index < -0.39 is 27.2 Å². The van der Waals surface area contributed by atoms with E-state index in [1.54, 1.807) is 24.3 Å². The zero-order valence-corrected chi connectivity index (χ0v) is 12.5. The minimum Gasteiger partial charge on any atom is -0.497 e. The summed E-state index contributed by atoms with van der Waals surface area (Å²) in [6.07, 6.45) is 0. The van der Waals surface area contributed by atoms with Gasteiger partial charge in [0.2, 0.25) is 0 Å². The van der Waals surface area contributed by atoms with Crippen LogP contribution < -0.4 is 4.74 Å². The molecule has 0 spiro atoms.